The number of carbonyl (C=O) groups is 1. The summed E-state index contributed by atoms with van der Waals surface area (Å²) < 4.78 is 2.09. The largest absolute Gasteiger partial charge is 0.326 e. The van der Waals surface area contributed by atoms with E-state index in [-0.39, 0.29) is 5.91 Å². The first-order valence-corrected chi connectivity index (χ1v) is 11.7. The summed E-state index contributed by atoms with van der Waals surface area (Å²) in [5, 5.41) is 12.7. The van der Waals surface area contributed by atoms with E-state index in [0.29, 0.717) is 6.42 Å². The van der Waals surface area contributed by atoms with Crippen LogP contribution in [-0.2, 0) is 4.79 Å². The van der Waals surface area contributed by atoms with Crippen molar-refractivity contribution in [3.63, 3.8) is 0 Å². The smallest absolute Gasteiger partial charge is 0.224 e. The van der Waals surface area contributed by atoms with Gasteiger partial charge in [0.25, 0.3) is 0 Å². The molecule has 0 fully saturated rings. The van der Waals surface area contributed by atoms with E-state index >= 15 is 0 Å². The minimum absolute atomic E-state index is 0.0272. The zero-order valence-corrected chi connectivity index (χ0v) is 19.1. The van der Waals surface area contributed by atoms with E-state index in [4.69, 9.17) is 0 Å². The van der Waals surface area contributed by atoms with Crippen molar-refractivity contribution in [2.45, 2.75) is 31.8 Å². The minimum atomic E-state index is 0.0272. The summed E-state index contributed by atoms with van der Waals surface area (Å²) in [6.45, 7) is 4.10. The molecule has 0 saturated heterocycles. The Kier molecular flexibility index (Phi) is 7.02. The van der Waals surface area contributed by atoms with Crippen molar-refractivity contribution in [1.29, 1.82) is 0 Å². The van der Waals surface area contributed by atoms with Gasteiger partial charge in [-0.3, -0.25) is 9.36 Å². The molecule has 0 atom stereocenters. The number of carbonyl (C=O) groups excluding carboxylic acids is 1. The van der Waals surface area contributed by atoms with Crippen LogP contribution in [0.5, 0.6) is 0 Å². The second-order valence-corrected chi connectivity index (χ2v) is 8.77. The molecule has 1 amide bonds. The number of rotatable bonds is 8. The lowest BCUT2D eigenvalue weighted by molar-refractivity contribution is -0.116. The lowest BCUT2D eigenvalue weighted by Crippen LogP contribution is -2.11. The highest BCUT2D eigenvalue weighted by Gasteiger charge is 2.16. The van der Waals surface area contributed by atoms with Gasteiger partial charge in [0.15, 0.2) is 11.0 Å². The predicted octanol–water partition coefficient (Wildman–Crippen LogP) is 6.06. The maximum absolute atomic E-state index is 12.3. The Morgan fingerprint density at radius 2 is 1.53 bits per heavy atom. The number of nitrogens with zero attached hydrogens (tertiary/aromatic N) is 3. The summed E-state index contributed by atoms with van der Waals surface area (Å²) in [4.78, 5) is 12.3. The van der Waals surface area contributed by atoms with Crippen LogP contribution in [0, 0.1) is 13.8 Å². The van der Waals surface area contributed by atoms with Gasteiger partial charge in [0.2, 0.25) is 5.91 Å². The SMILES string of the molecule is Cc1ccc(NC(=O)CCCSc2nnc(-c3ccc(C)cc3)n2-c2ccccc2)cc1. The van der Waals surface area contributed by atoms with Gasteiger partial charge in [-0.2, -0.15) is 0 Å². The van der Waals surface area contributed by atoms with Crippen molar-refractivity contribution >= 4 is 23.4 Å². The maximum atomic E-state index is 12.3. The molecule has 32 heavy (non-hydrogen) atoms. The summed E-state index contributed by atoms with van der Waals surface area (Å²) in [5.74, 6) is 1.62. The van der Waals surface area contributed by atoms with Crippen LogP contribution in [0.3, 0.4) is 0 Å². The molecule has 4 rings (SSSR count). The fraction of sp³-hybridized carbons (Fsp3) is 0.192. The van der Waals surface area contributed by atoms with E-state index in [0.717, 1.165) is 40.1 Å². The molecule has 6 heteroatoms. The molecule has 0 bridgehead atoms. The molecular weight excluding hydrogens is 416 g/mol. The quantitative estimate of drug-likeness (QED) is 0.266. The number of anilines is 1. The van der Waals surface area contributed by atoms with Gasteiger partial charge in [0.05, 0.1) is 0 Å². The van der Waals surface area contributed by atoms with Gasteiger partial charge in [-0.05, 0) is 44.5 Å². The van der Waals surface area contributed by atoms with Crippen LogP contribution in [0.25, 0.3) is 17.1 Å². The van der Waals surface area contributed by atoms with Crippen LogP contribution in [0.1, 0.15) is 24.0 Å². The van der Waals surface area contributed by atoms with E-state index in [1.807, 2.05) is 49.4 Å². The molecule has 0 aliphatic carbocycles. The number of nitrogens with one attached hydrogen (secondary N) is 1. The fourth-order valence-corrected chi connectivity index (χ4v) is 4.21. The van der Waals surface area contributed by atoms with Crippen LogP contribution < -0.4 is 5.32 Å². The average Bonchev–Trinajstić information content (AvgIpc) is 3.23. The number of hydrogen-bond acceptors (Lipinski definition) is 4. The van der Waals surface area contributed by atoms with Gasteiger partial charge in [0, 0.05) is 29.1 Å². The highest BCUT2D eigenvalue weighted by atomic mass is 32.2. The molecule has 5 nitrogen and oxygen atoms in total. The zero-order chi connectivity index (χ0) is 22.3. The molecule has 0 unspecified atom stereocenters. The van der Waals surface area contributed by atoms with Crippen LogP contribution in [-0.4, -0.2) is 26.4 Å². The van der Waals surface area contributed by atoms with E-state index < -0.39 is 0 Å². The molecule has 1 N–H and O–H groups in total. The van der Waals surface area contributed by atoms with Crippen LogP contribution in [0.2, 0.25) is 0 Å². The third-order valence-corrected chi connectivity index (χ3v) is 6.09. The van der Waals surface area contributed by atoms with Crippen molar-refractivity contribution in [3.8, 4) is 17.1 Å². The molecule has 3 aromatic carbocycles. The van der Waals surface area contributed by atoms with Gasteiger partial charge >= 0.3 is 0 Å². The third kappa shape index (κ3) is 5.45. The topological polar surface area (TPSA) is 59.8 Å². The van der Waals surface area contributed by atoms with Crippen molar-refractivity contribution in [2.75, 3.05) is 11.1 Å². The summed E-state index contributed by atoms with van der Waals surface area (Å²) in [6, 6.07) is 26.3. The number of amides is 1. The highest BCUT2D eigenvalue weighted by Crippen LogP contribution is 2.28. The average molecular weight is 443 g/mol. The number of hydrogen-bond donors (Lipinski definition) is 1. The van der Waals surface area contributed by atoms with Crippen molar-refractivity contribution < 1.29 is 4.79 Å². The molecular formula is C26H26N4OS. The van der Waals surface area contributed by atoms with Crippen LogP contribution in [0.15, 0.2) is 84.0 Å². The fourth-order valence-electron chi connectivity index (χ4n) is 3.32. The normalized spacial score (nSPS) is 10.8. The Hall–Kier alpha value is -3.38. The van der Waals surface area contributed by atoms with Crippen molar-refractivity contribution in [3.05, 3.63) is 90.0 Å². The summed E-state index contributed by atoms with van der Waals surface area (Å²) in [5.41, 5.74) is 5.26. The molecule has 1 aromatic heterocycles. The molecule has 0 aliphatic rings. The number of benzene rings is 3. The number of aryl methyl sites for hydroxylation is 2. The molecule has 1 heterocycles. The van der Waals surface area contributed by atoms with Gasteiger partial charge in [-0.15, -0.1) is 10.2 Å². The molecule has 0 saturated carbocycles. The summed E-state index contributed by atoms with van der Waals surface area (Å²) in [6.07, 6.45) is 1.22. The Morgan fingerprint density at radius 1 is 0.875 bits per heavy atom. The Morgan fingerprint density at radius 3 is 2.22 bits per heavy atom. The summed E-state index contributed by atoms with van der Waals surface area (Å²) in [7, 11) is 0. The second kappa shape index (κ2) is 10.3. The third-order valence-electron chi connectivity index (χ3n) is 5.07. The Balaban J connectivity index is 1.42. The number of aromatic nitrogens is 3. The number of thioether (sulfide) groups is 1. The Labute approximate surface area is 192 Å². The monoisotopic (exact) mass is 442 g/mol. The predicted molar refractivity (Wildman–Crippen MR) is 131 cm³/mol. The minimum Gasteiger partial charge on any atom is -0.326 e. The van der Waals surface area contributed by atoms with Gasteiger partial charge in [-0.1, -0.05) is 77.5 Å². The zero-order valence-electron chi connectivity index (χ0n) is 18.3. The van der Waals surface area contributed by atoms with E-state index in [2.05, 4.69) is 63.4 Å². The molecule has 0 spiro atoms. The van der Waals surface area contributed by atoms with Crippen LogP contribution >= 0.6 is 11.8 Å². The number of para-hydroxylation sites is 1. The van der Waals surface area contributed by atoms with Gasteiger partial charge in [-0.25, -0.2) is 0 Å². The standard InChI is InChI=1S/C26H26N4OS/c1-19-10-14-21(15-11-19)25-28-29-26(30(25)23-7-4-3-5-8-23)32-18-6-9-24(31)27-22-16-12-20(2)13-17-22/h3-5,7-8,10-17H,6,9,18H2,1-2H3,(H,27,31). The second-order valence-electron chi connectivity index (χ2n) is 7.71. The molecule has 0 radical (unpaired) electrons. The van der Waals surface area contributed by atoms with E-state index in [1.54, 1.807) is 11.8 Å². The van der Waals surface area contributed by atoms with E-state index in [1.165, 1.54) is 11.1 Å². The first-order valence-electron chi connectivity index (χ1n) is 10.7. The van der Waals surface area contributed by atoms with Gasteiger partial charge < -0.3 is 5.32 Å². The van der Waals surface area contributed by atoms with Crippen molar-refractivity contribution in [1.82, 2.24) is 14.8 Å². The lowest BCUT2D eigenvalue weighted by atomic mass is 10.1. The highest BCUT2D eigenvalue weighted by molar-refractivity contribution is 7.99. The van der Waals surface area contributed by atoms with Crippen LogP contribution in [0.4, 0.5) is 5.69 Å². The van der Waals surface area contributed by atoms with Crippen molar-refractivity contribution in [2.24, 2.45) is 0 Å². The molecule has 4 aromatic rings. The Bertz CT molecular complexity index is 1170. The maximum Gasteiger partial charge on any atom is 0.224 e. The first kappa shape index (κ1) is 21.8. The molecule has 0 aliphatic heterocycles. The summed E-state index contributed by atoms with van der Waals surface area (Å²) >= 11 is 1.62. The van der Waals surface area contributed by atoms with E-state index in [9.17, 15) is 4.79 Å². The molecule has 162 valence electrons. The first-order chi connectivity index (χ1) is 15.6. The van der Waals surface area contributed by atoms with Gasteiger partial charge in [0.1, 0.15) is 0 Å². The lowest BCUT2D eigenvalue weighted by Gasteiger charge is -2.10.